The number of piperazine rings is 1. The summed E-state index contributed by atoms with van der Waals surface area (Å²) in [4.78, 5) is 40.7. The number of imide groups is 1. The minimum absolute atomic E-state index is 0.250. The summed E-state index contributed by atoms with van der Waals surface area (Å²) in [5.41, 5.74) is 1.59. The van der Waals surface area contributed by atoms with E-state index in [1.807, 2.05) is 18.2 Å². The number of carbonyl (C=O) groups excluding carboxylic acids is 3. The molecule has 3 saturated heterocycles. The lowest BCUT2D eigenvalue weighted by Gasteiger charge is -2.37. The highest BCUT2D eigenvalue weighted by molar-refractivity contribution is 6.04. The molecule has 4 rings (SSSR count). The van der Waals surface area contributed by atoms with Crippen LogP contribution in [0.4, 0.5) is 5.69 Å². The molecule has 0 aromatic heterocycles. The summed E-state index contributed by atoms with van der Waals surface area (Å²) in [7, 11) is 0. The van der Waals surface area contributed by atoms with Crippen molar-refractivity contribution >= 4 is 23.4 Å². The van der Waals surface area contributed by atoms with E-state index in [0.717, 1.165) is 63.7 Å². The molecule has 1 aromatic carbocycles. The van der Waals surface area contributed by atoms with Crippen molar-refractivity contribution in [3.05, 3.63) is 29.8 Å². The van der Waals surface area contributed by atoms with Gasteiger partial charge in [-0.15, -0.1) is 0 Å². The van der Waals surface area contributed by atoms with E-state index in [9.17, 15) is 14.4 Å². The van der Waals surface area contributed by atoms with Crippen molar-refractivity contribution in [3.8, 4) is 0 Å². The van der Waals surface area contributed by atoms with Gasteiger partial charge in [0.1, 0.15) is 6.04 Å². The molecule has 8 nitrogen and oxygen atoms in total. The molecular formula is C22H31N5O3. The van der Waals surface area contributed by atoms with Gasteiger partial charge >= 0.3 is 0 Å². The first-order valence-electron chi connectivity index (χ1n) is 11.0. The topological polar surface area (TPSA) is 93.8 Å². The van der Waals surface area contributed by atoms with Gasteiger partial charge in [0.2, 0.25) is 11.8 Å². The van der Waals surface area contributed by atoms with Crippen LogP contribution in [0.2, 0.25) is 0 Å². The number of hydrogen-bond donors (Lipinski definition) is 3. The van der Waals surface area contributed by atoms with E-state index in [4.69, 9.17) is 0 Å². The summed E-state index contributed by atoms with van der Waals surface area (Å²) in [6.07, 6.45) is 2.92. The average Bonchev–Trinajstić information content (AvgIpc) is 2.77. The SMILES string of the molecule is O=C1CCC(NC(=O)c2cccc(N3CCC(CN4CCNCC4)CC3)c2)C(=O)N1. The van der Waals surface area contributed by atoms with Crippen LogP contribution in [0.3, 0.4) is 0 Å². The molecule has 3 aliphatic heterocycles. The quantitative estimate of drug-likeness (QED) is 0.603. The molecule has 0 spiro atoms. The van der Waals surface area contributed by atoms with Crippen LogP contribution in [-0.2, 0) is 9.59 Å². The fourth-order valence-electron chi connectivity index (χ4n) is 4.55. The van der Waals surface area contributed by atoms with Crippen molar-refractivity contribution in [3.63, 3.8) is 0 Å². The van der Waals surface area contributed by atoms with Gasteiger partial charge in [-0.2, -0.15) is 0 Å². The minimum Gasteiger partial charge on any atom is -0.371 e. The largest absolute Gasteiger partial charge is 0.371 e. The lowest BCUT2D eigenvalue weighted by Crippen LogP contribution is -2.52. The maximum Gasteiger partial charge on any atom is 0.252 e. The Hall–Kier alpha value is -2.45. The summed E-state index contributed by atoms with van der Waals surface area (Å²) in [5.74, 6) is -0.256. The molecule has 3 amide bonds. The summed E-state index contributed by atoms with van der Waals surface area (Å²) in [6, 6.07) is 6.94. The third-order valence-corrected chi connectivity index (χ3v) is 6.36. The lowest BCUT2D eigenvalue weighted by atomic mass is 9.95. The van der Waals surface area contributed by atoms with Gasteiger partial charge < -0.3 is 20.4 Å². The first-order valence-corrected chi connectivity index (χ1v) is 11.0. The molecule has 0 radical (unpaired) electrons. The molecule has 1 atom stereocenters. The van der Waals surface area contributed by atoms with Gasteiger partial charge in [0.05, 0.1) is 0 Å². The molecule has 3 aliphatic rings. The second-order valence-corrected chi connectivity index (χ2v) is 8.51. The molecular weight excluding hydrogens is 382 g/mol. The Morgan fingerprint density at radius 2 is 1.83 bits per heavy atom. The van der Waals surface area contributed by atoms with E-state index in [-0.39, 0.29) is 18.2 Å². The van der Waals surface area contributed by atoms with Crippen LogP contribution in [0, 0.1) is 5.92 Å². The number of anilines is 1. The first kappa shape index (κ1) is 20.8. The van der Waals surface area contributed by atoms with E-state index >= 15 is 0 Å². The standard InChI is InChI=1S/C22H31N5O3/c28-20-5-4-19(22(30)25-20)24-21(29)17-2-1-3-18(14-17)27-10-6-16(7-11-27)15-26-12-8-23-9-13-26/h1-3,14,16,19,23H,4-13,15H2,(H,24,29)(H,25,28,30). The van der Waals surface area contributed by atoms with Crippen LogP contribution >= 0.6 is 0 Å². The Kier molecular flexibility index (Phi) is 6.64. The normalized spacial score (nSPS) is 23.9. The highest BCUT2D eigenvalue weighted by atomic mass is 16.2. The van der Waals surface area contributed by atoms with Crippen LogP contribution < -0.4 is 20.9 Å². The number of piperidine rings is 2. The van der Waals surface area contributed by atoms with Gasteiger partial charge in [0, 0.05) is 63.5 Å². The van der Waals surface area contributed by atoms with Crippen molar-refractivity contribution in [2.24, 2.45) is 5.92 Å². The average molecular weight is 414 g/mol. The maximum atomic E-state index is 12.6. The third kappa shape index (κ3) is 5.17. The minimum atomic E-state index is -0.653. The zero-order valence-electron chi connectivity index (χ0n) is 17.4. The van der Waals surface area contributed by atoms with Gasteiger partial charge in [-0.1, -0.05) is 6.07 Å². The summed E-state index contributed by atoms with van der Waals surface area (Å²) in [5, 5.41) is 8.44. The van der Waals surface area contributed by atoms with Gasteiger partial charge in [0.25, 0.3) is 5.91 Å². The molecule has 3 heterocycles. The summed E-state index contributed by atoms with van der Waals surface area (Å²) in [6.45, 7) is 7.64. The number of rotatable bonds is 5. The van der Waals surface area contributed by atoms with Crippen molar-refractivity contribution in [2.45, 2.75) is 31.7 Å². The molecule has 8 heteroatoms. The zero-order valence-corrected chi connectivity index (χ0v) is 17.4. The fourth-order valence-corrected chi connectivity index (χ4v) is 4.55. The Morgan fingerprint density at radius 3 is 2.57 bits per heavy atom. The second-order valence-electron chi connectivity index (χ2n) is 8.51. The van der Waals surface area contributed by atoms with Crippen LogP contribution in [0.1, 0.15) is 36.0 Å². The molecule has 30 heavy (non-hydrogen) atoms. The number of nitrogens with zero attached hydrogens (tertiary/aromatic N) is 2. The predicted molar refractivity (Wildman–Crippen MR) is 114 cm³/mol. The number of nitrogens with one attached hydrogen (secondary N) is 3. The molecule has 3 fully saturated rings. The van der Waals surface area contributed by atoms with Gasteiger partial charge in [0.15, 0.2) is 0 Å². The molecule has 0 bridgehead atoms. The molecule has 1 unspecified atom stereocenters. The lowest BCUT2D eigenvalue weighted by molar-refractivity contribution is -0.134. The highest BCUT2D eigenvalue weighted by Gasteiger charge is 2.28. The molecule has 0 saturated carbocycles. The van der Waals surface area contributed by atoms with E-state index in [1.165, 1.54) is 6.54 Å². The van der Waals surface area contributed by atoms with E-state index in [2.05, 4.69) is 25.8 Å². The Morgan fingerprint density at radius 1 is 1.07 bits per heavy atom. The van der Waals surface area contributed by atoms with E-state index in [0.29, 0.717) is 12.0 Å². The summed E-state index contributed by atoms with van der Waals surface area (Å²) < 4.78 is 0. The molecule has 3 N–H and O–H groups in total. The number of carbonyl (C=O) groups is 3. The van der Waals surface area contributed by atoms with Gasteiger partial charge in [-0.05, 0) is 43.4 Å². The zero-order chi connectivity index (χ0) is 20.9. The Bertz CT molecular complexity index is 785. The van der Waals surface area contributed by atoms with Crippen LogP contribution in [0.15, 0.2) is 24.3 Å². The smallest absolute Gasteiger partial charge is 0.252 e. The van der Waals surface area contributed by atoms with E-state index < -0.39 is 11.9 Å². The van der Waals surface area contributed by atoms with Crippen molar-refractivity contribution in [2.75, 3.05) is 50.7 Å². The Labute approximate surface area is 177 Å². The third-order valence-electron chi connectivity index (χ3n) is 6.36. The van der Waals surface area contributed by atoms with Crippen molar-refractivity contribution < 1.29 is 14.4 Å². The van der Waals surface area contributed by atoms with Crippen LogP contribution in [0.25, 0.3) is 0 Å². The highest BCUT2D eigenvalue weighted by Crippen LogP contribution is 2.25. The van der Waals surface area contributed by atoms with Crippen LogP contribution in [-0.4, -0.2) is 74.5 Å². The first-order chi connectivity index (χ1) is 14.6. The van der Waals surface area contributed by atoms with Gasteiger partial charge in [-0.3, -0.25) is 19.7 Å². The molecule has 1 aromatic rings. The Balaban J connectivity index is 1.30. The van der Waals surface area contributed by atoms with Crippen molar-refractivity contribution in [1.82, 2.24) is 20.9 Å². The van der Waals surface area contributed by atoms with E-state index in [1.54, 1.807) is 6.07 Å². The fraction of sp³-hybridized carbons (Fsp3) is 0.591. The number of hydrogen-bond acceptors (Lipinski definition) is 6. The molecule has 0 aliphatic carbocycles. The van der Waals surface area contributed by atoms with Crippen molar-refractivity contribution in [1.29, 1.82) is 0 Å². The number of amides is 3. The second kappa shape index (κ2) is 9.57. The molecule has 162 valence electrons. The summed E-state index contributed by atoms with van der Waals surface area (Å²) >= 11 is 0. The van der Waals surface area contributed by atoms with Crippen LogP contribution in [0.5, 0.6) is 0 Å². The maximum absolute atomic E-state index is 12.6. The monoisotopic (exact) mass is 413 g/mol. The number of benzene rings is 1. The predicted octanol–water partition coefficient (Wildman–Crippen LogP) is 0.343. The van der Waals surface area contributed by atoms with Gasteiger partial charge in [-0.25, -0.2) is 0 Å².